The van der Waals surface area contributed by atoms with Crippen molar-refractivity contribution >= 4 is 39.1 Å². The minimum Gasteiger partial charge on any atom is -0.497 e. The summed E-state index contributed by atoms with van der Waals surface area (Å²) in [4.78, 5) is 18.8. The summed E-state index contributed by atoms with van der Waals surface area (Å²) in [5.74, 6) is -2.41. The zero-order chi connectivity index (χ0) is 24.9. The first-order valence-corrected chi connectivity index (χ1v) is 11.8. The lowest BCUT2D eigenvalue weighted by Crippen LogP contribution is -2.35. The third-order valence-electron chi connectivity index (χ3n) is 5.15. The van der Waals surface area contributed by atoms with Crippen LogP contribution < -0.4 is 14.8 Å². The highest BCUT2D eigenvalue weighted by molar-refractivity contribution is 7.18. The molecule has 4 rings (SSSR count). The lowest BCUT2D eigenvalue weighted by molar-refractivity contribution is 0.0918. The zero-order valence-electron chi connectivity index (χ0n) is 19.0. The summed E-state index contributed by atoms with van der Waals surface area (Å²) in [5, 5.41) is 3.71. The minimum absolute atomic E-state index is 0.0365. The second kappa shape index (κ2) is 11.0. The van der Waals surface area contributed by atoms with Gasteiger partial charge in [-0.25, -0.2) is 13.8 Å². The molecule has 1 heterocycles. The highest BCUT2D eigenvalue weighted by Crippen LogP contribution is 2.28. The average Bonchev–Trinajstić information content (AvgIpc) is 3.24. The summed E-state index contributed by atoms with van der Waals surface area (Å²) in [6.45, 7) is 0.569. The maximum atomic E-state index is 15.0. The summed E-state index contributed by atoms with van der Waals surface area (Å²) >= 11 is 7.36. The number of thiazole rings is 1. The number of rotatable bonds is 9. The molecule has 0 saturated carbocycles. The number of carbonyl (C=O) groups excluding carboxylic acids is 1. The Morgan fingerprint density at radius 1 is 1.14 bits per heavy atom. The quantitative estimate of drug-likeness (QED) is 0.291. The molecule has 0 spiro atoms. The molecule has 4 aromatic rings. The monoisotopic (exact) mass is 517 g/mol. The summed E-state index contributed by atoms with van der Waals surface area (Å²) in [5.41, 5.74) is 1.00. The fourth-order valence-electron chi connectivity index (χ4n) is 3.40. The first-order valence-electron chi connectivity index (χ1n) is 10.6. The van der Waals surface area contributed by atoms with Crippen LogP contribution in [0, 0.1) is 11.6 Å². The van der Waals surface area contributed by atoms with E-state index < -0.39 is 23.1 Å². The Kier molecular flexibility index (Phi) is 7.80. The van der Waals surface area contributed by atoms with Crippen molar-refractivity contribution in [2.24, 2.45) is 0 Å². The normalized spacial score (nSPS) is 11.1. The van der Waals surface area contributed by atoms with E-state index in [0.717, 1.165) is 28.1 Å². The standard InChI is InChI=1S/C25H22ClF2N3O3S/c1-31(12-15-3-6-17(33-2)7-4-15)14-29-25(32)23-18(27)8-9-20(24(23)28)34-13-22-30-19-11-16(26)5-10-21(19)35-22/h3-11H,12-14H2,1-2H3,(H,29,32). The highest BCUT2D eigenvalue weighted by atomic mass is 35.5. The van der Waals surface area contributed by atoms with E-state index >= 15 is 4.39 Å². The first kappa shape index (κ1) is 24.8. The average molecular weight is 518 g/mol. The van der Waals surface area contributed by atoms with Gasteiger partial charge in [0.15, 0.2) is 11.6 Å². The number of halogens is 3. The number of amides is 1. The Labute approximate surface area is 210 Å². The van der Waals surface area contributed by atoms with Crippen LogP contribution in [-0.2, 0) is 13.2 Å². The maximum absolute atomic E-state index is 15.0. The van der Waals surface area contributed by atoms with Crippen molar-refractivity contribution in [3.05, 3.63) is 87.4 Å². The van der Waals surface area contributed by atoms with Crippen molar-refractivity contribution in [1.29, 1.82) is 0 Å². The van der Waals surface area contributed by atoms with Crippen LogP contribution in [0.3, 0.4) is 0 Å². The molecule has 0 unspecified atom stereocenters. The third kappa shape index (κ3) is 6.05. The molecule has 0 radical (unpaired) electrons. The Morgan fingerprint density at radius 3 is 2.66 bits per heavy atom. The fourth-order valence-corrected chi connectivity index (χ4v) is 4.42. The Hall–Kier alpha value is -3.27. The molecule has 35 heavy (non-hydrogen) atoms. The largest absolute Gasteiger partial charge is 0.497 e. The molecule has 3 aromatic carbocycles. The zero-order valence-corrected chi connectivity index (χ0v) is 20.6. The van der Waals surface area contributed by atoms with E-state index in [1.807, 2.05) is 30.3 Å². The molecule has 1 amide bonds. The van der Waals surface area contributed by atoms with Crippen LogP contribution in [0.5, 0.6) is 11.5 Å². The molecular weight excluding hydrogens is 496 g/mol. The number of ether oxygens (including phenoxy) is 2. The molecule has 6 nitrogen and oxygen atoms in total. The number of methoxy groups -OCH3 is 1. The van der Waals surface area contributed by atoms with Crippen molar-refractivity contribution in [3.63, 3.8) is 0 Å². The smallest absolute Gasteiger partial charge is 0.258 e. The van der Waals surface area contributed by atoms with Gasteiger partial charge in [0.25, 0.3) is 5.91 Å². The van der Waals surface area contributed by atoms with Gasteiger partial charge in [0, 0.05) is 11.6 Å². The van der Waals surface area contributed by atoms with E-state index in [4.69, 9.17) is 21.1 Å². The predicted molar refractivity (Wildman–Crippen MR) is 132 cm³/mol. The van der Waals surface area contributed by atoms with Crippen molar-refractivity contribution in [1.82, 2.24) is 15.2 Å². The van der Waals surface area contributed by atoms with Gasteiger partial charge in [-0.3, -0.25) is 9.69 Å². The van der Waals surface area contributed by atoms with Crippen LogP contribution in [0.1, 0.15) is 20.9 Å². The molecule has 1 aromatic heterocycles. The Balaban J connectivity index is 1.38. The van der Waals surface area contributed by atoms with Gasteiger partial charge in [-0.1, -0.05) is 23.7 Å². The molecular formula is C25H22ClF2N3O3S. The molecule has 0 atom stereocenters. The van der Waals surface area contributed by atoms with Gasteiger partial charge in [0.1, 0.15) is 28.7 Å². The molecule has 1 N–H and O–H groups in total. The minimum atomic E-state index is -1.07. The summed E-state index contributed by atoms with van der Waals surface area (Å²) in [6.07, 6.45) is 0. The predicted octanol–water partition coefficient (Wildman–Crippen LogP) is 5.63. The molecule has 0 aliphatic rings. The second-order valence-corrected chi connectivity index (χ2v) is 9.32. The van der Waals surface area contributed by atoms with Gasteiger partial charge in [0.2, 0.25) is 0 Å². The van der Waals surface area contributed by atoms with Gasteiger partial charge >= 0.3 is 0 Å². The van der Waals surface area contributed by atoms with Gasteiger partial charge in [-0.2, -0.15) is 0 Å². The Bertz CT molecular complexity index is 1350. The molecule has 0 fully saturated rings. The number of carbonyl (C=O) groups is 1. The second-order valence-electron chi connectivity index (χ2n) is 7.77. The van der Waals surface area contributed by atoms with Crippen molar-refractivity contribution in [3.8, 4) is 11.5 Å². The lowest BCUT2D eigenvalue weighted by Gasteiger charge is -2.18. The lowest BCUT2D eigenvalue weighted by atomic mass is 10.1. The van der Waals surface area contributed by atoms with E-state index in [1.165, 1.54) is 11.3 Å². The maximum Gasteiger partial charge on any atom is 0.258 e. The summed E-state index contributed by atoms with van der Waals surface area (Å²) < 4.78 is 40.9. The van der Waals surface area contributed by atoms with Crippen LogP contribution in [0.25, 0.3) is 10.2 Å². The van der Waals surface area contributed by atoms with E-state index in [9.17, 15) is 9.18 Å². The van der Waals surface area contributed by atoms with Crippen LogP contribution >= 0.6 is 22.9 Å². The van der Waals surface area contributed by atoms with Crippen LogP contribution in [-0.4, -0.2) is 36.6 Å². The molecule has 0 saturated heterocycles. The molecule has 182 valence electrons. The number of hydrogen-bond donors (Lipinski definition) is 1. The van der Waals surface area contributed by atoms with E-state index in [1.54, 1.807) is 31.2 Å². The molecule has 0 aliphatic heterocycles. The SMILES string of the molecule is COc1ccc(CN(C)CNC(=O)c2c(F)ccc(OCc3nc4cc(Cl)ccc4s3)c2F)cc1. The van der Waals surface area contributed by atoms with Crippen LogP contribution in [0.2, 0.25) is 5.02 Å². The summed E-state index contributed by atoms with van der Waals surface area (Å²) in [7, 11) is 3.37. The van der Waals surface area contributed by atoms with Crippen molar-refractivity contribution in [2.45, 2.75) is 13.2 Å². The van der Waals surface area contributed by atoms with E-state index in [-0.39, 0.29) is 19.0 Å². The van der Waals surface area contributed by atoms with Crippen LogP contribution in [0.4, 0.5) is 8.78 Å². The number of fused-ring (bicyclic) bond motifs is 1. The van der Waals surface area contributed by atoms with Gasteiger partial charge in [-0.15, -0.1) is 11.3 Å². The third-order valence-corrected chi connectivity index (χ3v) is 6.39. The number of benzene rings is 3. The van der Waals surface area contributed by atoms with Gasteiger partial charge < -0.3 is 14.8 Å². The molecule has 10 heteroatoms. The Morgan fingerprint density at radius 2 is 1.91 bits per heavy atom. The van der Waals surface area contributed by atoms with E-state index in [2.05, 4.69) is 10.3 Å². The fraction of sp³-hybridized carbons (Fsp3) is 0.200. The number of hydrogen-bond acceptors (Lipinski definition) is 6. The molecule has 0 aliphatic carbocycles. The van der Waals surface area contributed by atoms with Crippen molar-refractivity contribution < 1.29 is 23.0 Å². The van der Waals surface area contributed by atoms with E-state index in [0.29, 0.717) is 22.1 Å². The molecule has 0 bridgehead atoms. The number of nitrogens with one attached hydrogen (secondary N) is 1. The number of nitrogens with zero attached hydrogens (tertiary/aromatic N) is 2. The van der Waals surface area contributed by atoms with Gasteiger partial charge in [0.05, 0.1) is 24.0 Å². The van der Waals surface area contributed by atoms with Crippen LogP contribution in [0.15, 0.2) is 54.6 Å². The first-order chi connectivity index (χ1) is 16.8. The summed E-state index contributed by atoms with van der Waals surface area (Å²) in [6, 6.07) is 15.0. The number of aromatic nitrogens is 1. The van der Waals surface area contributed by atoms with Gasteiger partial charge in [-0.05, 0) is 55.1 Å². The highest BCUT2D eigenvalue weighted by Gasteiger charge is 2.22. The van der Waals surface area contributed by atoms with Crippen molar-refractivity contribution in [2.75, 3.05) is 20.8 Å². The topological polar surface area (TPSA) is 63.7 Å².